The molecule has 3 N–H and O–H groups in total. The van der Waals surface area contributed by atoms with Crippen molar-refractivity contribution in [3.8, 4) is 0 Å². The maximum Gasteiger partial charge on any atom is 0.302 e. The Morgan fingerprint density at radius 3 is 1.15 bits per heavy atom. The average Bonchev–Trinajstić information content (AvgIpc) is 2.73. The zero-order valence-corrected chi connectivity index (χ0v) is 25.4. The zero-order valence-electron chi connectivity index (χ0n) is 25.4. The fourth-order valence-corrected chi connectivity index (χ4v) is 4.37. The summed E-state index contributed by atoms with van der Waals surface area (Å²) in [4.78, 5) is 12.5. The van der Waals surface area contributed by atoms with E-state index in [1.165, 1.54) is 121 Å². The number of nitrogens with zero attached hydrogens (tertiary/aromatic N) is 2. The highest BCUT2D eigenvalue weighted by Gasteiger charge is 2.22. The van der Waals surface area contributed by atoms with Gasteiger partial charge in [-0.25, -0.2) is 0 Å². The van der Waals surface area contributed by atoms with Gasteiger partial charge in [-0.15, -0.1) is 0 Å². The van der Waals surface area contributed by atoms with Crippen LogP contribution in [-0.2, 0) is 9.53 Å². The molecule has 0 spiro atoms. The van der Waals surface area contributed by atoms with E-state index in [-0.39, 0.29) is 12.1 Å². The molecular formula is C29H68N3O2+. The number of hydrogen-bond donors (Lipinski definition) is 1. The van der Waals surface area contributed by atoms with Crippen LogP contribution in [0, 0.1) is 0 Å². The molecule has 0 aliphatic heterocycles. The van der Waals surface area contributed by atoms with Gasteiger partial charge in [-0.2, -0.15) is 0 Å². The minimum Gasteiger partial charge on any atom is -0.466 e. The zero-order chi connectivity index (χ0) is 25.8. The number of quaternary nitrogens is 1. The largest absolute Gasteiger partial charge is 0.466 e. The number of unbranched alkanes of at least 4 members (excludes halogenated alkanes) is 9. The summed E-state index contributed by atoms with van der Waals surface area (Å²) in [6, 6.07) is 0. The van der Waals surface area contributed by atoms with Crippen molar-refractivity contribution in [3.05, 3.63) is 0 Å². The van der Waals surface area contributed by atoms with Crippen molar-refractivity contribution >= 4 is 5.97 Å². The van der Waals surface area contributed by atoms with Gasteiger partial charge in [-0.3, -0.25) is 4.79 Å². The first-order valence-electron chi connectivity index (χ1n) is 14.3. The third kappa shape index (κ3) is 35.9. The Morgan fingerprint density at radius 2 is 0.882 bits per heavy atom. The molecule has 0 bridgehead atoms. The van der Waals surface area contributed by atoms with Gasteiger partial charge in [-0.05, 0) is 53.2 Å². The van der Waals surface area contributed by atoms with Gasteiger partial charge in [0.15, 0.2) is 0 Å². The molecule has 0 heterocycles. The highest BCUT2D eigenvalue weighted by Crippen LogP contribution is 2.12. The van der Waals surface area contributed by atoms with Gasteiger partial charge in [0, 0.05) is 6.92 Å². The predicted molar refractivity (Wildman–Crippen MR) is 154 cm³/mol. The van der Waals surface area contributed by atoms with Crippen molar-refractivity contribution in [2.75, 3.05) is 53.9 Å². The molecule has 5 heteroatoms. The molecule has 0 saturated carbocycles. The lowest BCUT2D eigenvalue weighted by atomic mass is 10.1. The van der Waals surface area contributed by atoms with E-state index in [4.69, 9.17) is 4.74 Å². The summed E-state index contributed by atoms with van der Waals surface area (Å²) in [5.41, 5.74) is 0. The summed E-state index contributed by atoms with van der Waals surface area (Å²) in [6.45, 7) is 19.1. The Kier molecular flexibility index (Phi) is 38.5. The quantitative estimate of drug-likeness (QED) is 0.112. The Hall–Kier alpha value is -0.650. The van der Waals surface area contributed by atoms with Crippen molar-refractivity contribution < 1.29 is 14.0 Å². The molecule has 0 aliphatic carbocycles. The van der Waals surface area contributed by atoms with Crippen LogP contribution in [0.1, 0.15) is 131 Å². The van der Waals surface area contributed by atoms with Crippen LogP contribution in [0.15, 0.2) is 0 Å². The second kappa shape index (κ2) is 32.4. The monoisotopic (exact) mass is 491 g/mol. The first-order chi connectivity index (χ1) is 15.7. The average molecular weight is 491 g/mol. The van der Waals surface area contributed by atoms with E-state index >= 15 is 0 Å². The van der Waals surface area contributed by atoms with Crippen LogP contribution >= 0.6 is 0 Å². The minimum atomic E-state index is -0.157. The second-order valence-corrected chi connectivity index (χ2v) is 10.1. The summed E-state index contributed by atoms with van der Waals surface area (Å²) >= 11 is 0. The fraction of sp³-hybridized carbons (Fsp3) is 0.966. The van der Waals surface area contributed by atoms with Gasteiger partial charge in [0.25, 0.3) is 0 Å². The SMILES string of the molecule is CCCCCCCCCCCCOC(C)=O.CCC[N+](CCC)(CCC)CCC.CN(C)C.N. The lowest BCUT2D eigenvalue weighted by Gasteiger charge is -2.38. The number of rotatable bonds is 19. The Morgan fingerprint density at radius 1 is 0.588 bits per heavy atom. The van der Waals surface area contributed by atoms with E-state index in [2.05, 4.69) is 34.6 Å². The minimum absolute atomic E-state index is 0. The van der Waals surface area contributed by atoms with Crippen LogP contribution in [0.5, 0.6) is 0 Å². The van der Waals surface area contributed by atoms with Crippen LogP contribution in [-0.4, -0.2) is 69.3 Å². The molecule has 5 nitrogen and oxygen atoms in total. The molecule has 0 aromatic carbocycles. The van der Waals surface area contributed by atoms with Crippen LogP contribution in [0.3, 0.4) is 0 Å². The molecule has 0 aromatic rings. The molecule has 210 valence electrons. The maximum absolute atomic E-state index is 10.5. The molecule has 0 amide bonds. The van der Waals surface area contributed by atoms with Gasteiger partial charge < -0.3 is 20.3 Å². The first kappa shape index (κ1) is 40.5. The molecular weight excluding hydrogens is 422 g/mol. The first-order valence-corrected chi connectivity index (χ1v) is 14.3. The van der Waals surface area contributed by atoms with Gasteiger partial charge in [-0.1, -0.05) is 92.4 Å². The van der Waals surface area contributed by atoms with Gasteiger partial charge >= 0.3 is 5.97 Å². The molecule has 0 atom stereocenters. The van der Waals surface area contributed by atoms with Crippen LogP contribution in [0.2, 0.25) is 0 Å². The van der Waals surface area contributed by atoms with Gasteiger partial charge in [0.05, 0.1) is 32.8 Å². The number of esters is 1. The standard InChI is InChI=1S/C14H28O2.C12H28N.C3H9N.H3N/c1-3-4-5-6-7-8-9-10-11-12-13-16-14(2)15;1-5-9-13(10-6-2,11-7-3)12-8-4;1-4(2)3;/h3-13H2,1-2H3;5-12H2,1-4H3;1-3H3;1H3/q;+1;;. The summed E-state index contributed by atoms with van der Waals surface area (Å²) < 4.78 is 6.25. The Bertz CT molecular complexity index is 344. The molecule has 0 radical (unpaired) electrons. The predicted octanol–water partition coefficient (Wildman–Crippen LogP) is 8.25. The van der Waals surface area contributed by atoms with Gasteiger partial charge in [0.2, 0.25) is 0 Å². The normalized spacial score (nSPS) is 10.5. The van der Waals surface area contributed by atoms with Crippen molar-refractivity contribution in [1.29, 1.82) is 0 Å². The van der Waals surface area contributed by atoms with Crippen LogP contribution < -0.4 is 6.15 Å². The Labute approximate surface area is 216 Å². The number of carbonyl (C=O) groups is 1. The highest BCUT2D eigenvalue weighted by atomic mass is 16.5. The third-order valence-corrected chi connectivity index (χ3v) is 5.60. The number of carbonyl (C=O) groups excluding carboxylic acids is 1. The van der Waals surface area contributed by atoms with E-state index in [9.17, 15) is 4.79 Å². The molecule has 34 heavy (non-hydrogen) atoms. The summed E-state index contributed by atoms with van der Waals surface area (Å²) in [7, 11) is 6.00. The van der Waals surface area contributed by atoms with Gasteiger partial charge in [0.1, 0.15) is 0 Å². The molecule has 0 unspecified atom stereocenters. The lowest BCUT2D eigenvalue weighted by Crippen LogP contribution is -2.50. The maximum atomic E-state index is 10.5. The highest BCUT2D eigenvalue weighted by molar-refractivity contribution is 5.65. The summed E-state index contributed by atoms with van der Waals surface area (Å²) in [6.07, 6.45) is 18.5. The lowest BCUT2D eigenvalue weighted by molar-refractivity contribution is -0.928. The number of hydrogen-bond acceptors (Lipinski definition) is 4. The van der Waals surface area contributed by atoms with Crippen molar-refractivity contribution in [2.24, 2.45) is 0 Å². The van der Waals surface area contributed by atoms with E-state index in [0.29, 0.717) is 6.61 Å². The fourth-order valence-electron chi connectivity index (χ4n) is 4.37. The molecule has 0 aromatic heterocycles. The number of ether oxygens (including phenoxy) is 1. The second-order valence-electron chi connectivity index (χ2n) is 10.1. The Balaban J connectivity index is -0.000000226. The van der Waals surface area contributed by atoms with E-state index < -0.39 is 0 Å². The topological polar surface area (TPSA) is 64.5 Å². The van der Waals surface area contributed by atoms with E-state index in [1.807, 2.05) is 26.0 Å². The van der Waals surface area contributed by atoms with Crippen LogP contribution in [0.25, 0.3) is 0 Å². The smallest absolute Gasteiger partial charge is 0.302 e. The van der Waals surface area contributed by atoms with Crippen molar-refractivity contribution in [3.63, 3.8) is 0 Å². The van der Waals surface area contributed by atoms with E-state index in [1.54, 1.807) is 0 Å². The van der Waals surface area contributed by atoms with Crippen molar-refractivity contribution in [1.82, 2.24) is 11.1 Å². The third-order valence-electron chi connectivity index (χ3n) is 5.60. The molecule has 0 fully saturated rings. The van der Waals surface area contributed by atoms with E-state index in [0.717, 1.165) is 6.42 Å². The molecule has 0 saturated heterocycles. The van der Waals surface area contributed by atoms with Crippen molar-refractivity contribution in [2.45, 2.75) is 131 Å². The summed E-state index contributed by atoms with van der Waals surface area (Å²) in [5, 5.41) is 0. The molecule has 0 rings (SSSR count). The van der Waals surface area contributed by atoms with Crippen LogP contribution in [0.4, 0.5) is 0 Å². The summed E-state index contributed by atoms with van der Waals surface area (Å²) in [5.74, 6) is -0.157. The molecule has 0 aliphatic rings.